The Labute approximate surface area is 179 Å². The van der Waals surface area contributed by atoms with E-state index in [0.717, 1.165) is 43.5 Å². The lowest BCUT2D eigenvalue weighted by atomic mass is 10.2. The number of fused-ring (bicyclic) bond motifs is 1. The largest absolute Gasteiger partial charge is 0.490 e. The number of hydrogen-bond donors (Lipinski definition) is 1. The van der Waals surface area contributed by atoms with Gasteiger partial charge in [-0.2, -0.15) is 0 Å². The second-order valence-corrected chi connectivity index (χ2v) is 8.47. The Bertz CT molecular complexity index is 911. The number of amides is 1. The maximum absolute atomic E-state index is 12.5. The van der Waals surface area contributed by atoms with E-state index >= 15 is 0 Å². The number of morpholine rings is 1. The molecule has 0 spiro atoms. The van der Waals surface area contributed by atoms with Gasteiger partial charge in [-0.05, 0) is 25.0 Å². The molecule has 2 fully saturated rings. The number of benzene rings is 1. The molecule has 1 aromatic heterocycles. The zero-order valence-electron chi connectivity index (χ0n) is 16.7. The van der Waals surface area contributed by atoms with E-state index in [1.165, 1.54) is 11.8 Å². The monoisotopic (exact) mass is 431 g/mol. The summed E-state index contributed by atoms with van der Waals surface area (Å²) >= 11 is 1.42. The van der Waals surface area contributed by atoms with Gasteiger partial charge in [0.2, 0.25) is 11.9 Å². The third-order valence-electron chi connectivity index (χ3n) is 5.22. The first-order valence-electron chi connectivity index (χ1n) is 10.4. The van der Waals surface area contributed by atoms with Crippen LogP contribution in [0.5, 0.6) is 11.5 Å². The van der Waals surface area contributed by atoms with Crippen molar-refractivity contribution in [2.24, 2.45) is 0 Å². The number of ether oxygens (including phenoxy) is 3. The van der Waals surface area contributed by atoms with Gasteiger partial charge in [0.05, 0.1) is 32.2 Å². The number of aromatic nitrogens is 3. The fourth-order valence-electron chi connectivity index (χ4n) is 3.57. The summed E-state index contributed by atoms with van der Waals surface area (Å²) in [5.74, 6) is 2.46. The average Bonchev–Trinajstić information content (AvgIpc) is 3.56. The molecule has 1 aliphatic carbocycles. The smallest absolute Gasteiger partial charge is 0.234 e. The molecule has 2 aliphatic heterocycles. The molecule has 1 saturated carbocycles. The Hall–Kier alpha value is -2.46. The zero-order valence-corrected chi connectivity index (χ0v) is 17.5. The van der Waals surface area contributed by atoms with Crippen molar-refractivity contribution < 1.29 is 19.0 Å². The molecule has 1 aromatic carbocycles. The number of nitrogens with zero attached hydrogens (tertiary/aromatic N) is 4. The van der Waals surface area contributed by atoms with Gasteiger partial charge < -0.3 is 24.4 Å². The number of carbonyl (C=O) groups excluding carboxylic acids is 1. The number of thioether (sulfide) groups is 1. The molecule has 1 N–H and O–H groups in total. The molecular formula is C20H25N5O4S. The SMILES string of the molecule is O=C(CSc1nnc(N2CCOCC2)n1C1CC1)Nc1ccc2c(c1)OCCCO2. The van der Waals surface area contributed by atoms with E-state index in [1.807, 2.05) is 18.2 Å². The molecule has 0 atom stereocenters. The third-order valence-corrected chi connectivity index (χ3v) is 6.16. The van der Waals surface area contributed by atoms with Crippen molar-refractivity contribution in [2.45, 2.75) is 30.5 Å². The van der Waals surface area contributed by atoms with E-state index in [4.69, 9.17) is 14.2 Å². The second kappa shape index (κ2) is 8.73. The van der Waals surface area contributed by atoms with Crippen molar-refractivity contribution in [1.29, 1.82) is 0 Å². The van der Waals surface area contributed by atoms with Crippen LogP contribution in [0.25, 0.3) is 0 Å². The lowest BCUT2D eigenvalue weighted by molar-refractivity contribution is -0.113. The van der Waals surface area contributed by atoms with Crippen LogP contribution in [0.3, 0.4) is 0 Å². The number of hydrogen-bond acceptors (Lipinski definition) is 8. The van der Waals surface area contributed by atoms with Crippen molar-refractivity contribution in [1.82, 2.24) is 14.8 Å². The lowest BCUT2D eigenvalue weighted by Crippen LogP contribution is -2.38. The van der Waals surface area contributed by atoms with Crippen molar-refractivity contribution in [3.05, 3.63) is 18.2 Å². The molecule has 10 heteroatoms. The minimum atomic E-state index is -0.0900. The molecule has 0 unspecified atom stereocenters. The highest BCUT2D eigenvalue weighted by Crippen LogP contribution is 2.41. The lowest BCUT2D eigenvalue weighted by Gasteiger charge is -2.27. The molecule has 3 heterocycles. The second-order valence-electron chi connectivity index (χ2n) is 7.53. The average molecular weight is 432 g/mol. The summed E-state index contributed by atoms with van der Waals surface area (Å²) in [6.45, 7) is 4.31. The first kappa shape index (κ1) is 19.5. The van der Waals surface area contributed by atoms with Gasteiger partial charge in [-0.1, -0.05) is 11.8 Å². The molecular weight excluding hydrogens is 406 g/mol. The van der Waals surface area contributed by atoms with Gasteiger partial charge in [0.1, 0.15) is 0 Å². The van der Waals surface area contributed by atoms with Crippen LogP contribution in [0.4, 0.5) is 11.6 Å². The highest BCUT2D eigenvalue weighted by atomic mass is 32.2. The first-order valence-corrected chi connectivity index (χ1v) is 11.4. The van der Waals surface area contributed by atoms with Crippen molar-refractivity contribution in [2.75, 3.05) is 55.5 Å². The molecule has 160 valence electrons. The van der Waals surface area contributed by atoms with Crippen LogP contribution in [-0.2, 0) is 9.53 Å². The Balaban J connectivity index is 1.22. The fraction of sp³-hybridized carbons (Fsp3) is 0.550. The van der Waals surface area contributed by atoms with Gasteiger partial charge in [-0.3, -0.25) is 9.36 Å². The van der Waals surface area contributed by atoms with E-state index in [0.29, 0.717) is 49.7 Å². The highest BCUT2D eigenvalue weighted by molar-refractivity contribution is 7.99. The van der Waals surface area contributed by atoms with E-state index < -0.39 is 0 Å². The molecule has 30 heavy (non-hydrogen) atoms. The topological polar surface area (TPSA) is 90.7 Å². The summed E-state index contributed by atoms with van der Waals surface area (Å²) in [5.41, 5.74) is 0.697. The molecule has 5 rings (SSSR count). The molecule has 0 bridgehead atoms. The maximum Gasteiger partial charge on any atom is 0.234 e. The summed E-state index contributed by atoms with van der Waals surface area (Å²) in [5, 5.41) is 12.5. The molecule has 9 nitrogen and oxygen atoms in total. The van der Waals surface area contributed by atoms with Crippen molar-refractivity contribution >= 4 is 29.3 Å². The fourth-order valence-corrected chi connectivity index (χ4v) is 4.37. The Morgan fingerprint density at radius 3 is 2.70 bits per heavy atom. The van der Waals surface area contributed by atoms with Crippen molar-refractivity contribution in [3.8, 4) is 11.5 Å². The van der Waals surface area contributed by atoms with Gasteiger partial charge in [-0.15, -0.1) is 10.2 Å². The summed E-state index contributed by atoms with van der Waals surface area (Å²) in [7, 11) is 0. The number of nitrogens with one attached hydrogen (secondary N) is 1. The van der Waals surface area contributed by atoms with Gasteiger partial charge in [-0.25, -0.2) is 0 Å². The quantitative estimate of drug-likeness (QED) is 0.697. The van der Waals surface area contributed by atoms with E-state index in [2.05, 4.69) is 25.0 Å². The molecule has 3 aliphatic rings. The zero-order chi connectivity index (χ0) is 20.3. The van der Waals surface area contributed by atoms with Gasteiger partial charge >= 0.3 is 0 Å². The maximum atomic E-state index is 12.5. The predicted octanol–water partition coefficient (Wildman–Crippen LogP) is 2.34. The van der Waals surface area contributed by atoms with Crippen LogP contribution in [0.1, 0.15) is 25.3 Å². The summed E-state index contributed by atoms with van der Waals surface area (Å²) < 4.78 is 19.0. The standard InChI is InChI=1S/C20H25N5O4S/c26-18(21-14-2-5-16-17(12-14)29-9-1-8-28-16)13-30-20-23-22-19(25(20)15-3-4-15)24-6-10-27-11-7-24/h2,5,12,15H,1,3-4,6-11,13H2,(H,21,26). The minimum Gasteiger partial charge on any atom is -0.490 e. The van der Waals surface area contributed by atoms with E-state index in [-0.39, 0.29) is 11.7 Å². The number of anilines is 2. The number of rotatable bonds is 6. The molecule has 1 amide bonds. The predicted molar refractivity (Wildman–Crippen MR) is 113 cm³/mol. The number of carbonyl (C=O) groups is 1. The summed E-state index contributed by atoms with van der Waals surface area (Å²) in [6.07, 6.45) is 3.11. The van der Waals surface area contributed by atoms with Crippen LogP contribution >= 0.6 is 11.8 Å². The van der Waals surface area contributed by atoms with Crippen LogP contribution in [0.2, 0.25) is 0 Å². The van der Waals surface area contributed by atoms with Gasteiger partial charge in [0, 0.05) is 37.3 Å². The van der Waals surface area contributed by atoms with Crippen LogP contribution < -0.4 is 19.7 Å². The van der Waals surface area contributed by atoms with Crippen LogP contribution in [0.15, 0.2) is 23.4 Å². The summed E-state index contributed by atoms with van der Waals surface area (Å²) in [4.78, 5) is 14.8. The molecule has 1 saturated heterocycles. The first-order chi connectivity index (χ1) is 14.8. The molecule has 2 aromatic rings. The van der Waals surface area contributed by atoms with Crippen LogP contribution in [0, 0.1) is 0 Å². The van der Waals surface area contributed by atoms with Crippen molar-refractivity contribution in [3.63, 3.8) is 0 Å². The van der Waals surface area contributed by atoms with Gasteiger partial charge in [0.25, 0.3) is 0 Å². The normalized spacial score (nSPS) is 18.7. The highest BCUT2D eigenvalue weighted by Gasteiger charge is 2.32. The third kappa shape index (κ3) is 4.34. The molecule has 0 radical (unpaired) electrons. The van der Waals surface area contributed by atoms with Gasteiger partial charge in [0.15, 0.2) is 16.7 Å². The Morgan fingerprint density at radius 2 is 1.90 bits per heavy atom. The van der Waals surface area contributed by atoms with Crippen LogP contribution in [-0.4, -0.2) is 65.9 Å². The Kier molecular flexibility index (Phi) is 5.67. The summed E-state index contributed by atoms with van der Waals surface area (Å²) in [6, 6.07) is 5.91. The van der Waals surface area contributed by atoms with E-state index in [9.17, 15) is 4.79 Å². The Morgan fingerprint density at radius 1 is 1.10 bits per heavy atom. The minimum absolute atomic E-state index is 0.0900. The van der Waals surface area contributed by atoms with E-state index in [1.54, 1.807) is 0 Å².